The third-order valence-electron chi connectivity index (χ3n) is 3.81. The van der Waals surface area contributed by atoms with E-state index in [-0.39, 0.29) is 5.91 Å². The van der Waals surface area contributed by atoms with E-state index >= 15 is 0 Å². The zero-order valence-corrected chi connectivity index (χ0v) is 13.1. The van der Waals surface area contributed by atoms with Crippen molar-refractivity contribution in [2.75, 3.05) is 26.2 Å². The molecule has 0 radical (unpaired) electrons. The fourth-order valence-electron chi connectivity index (χ4n) is 2.71. The summed E-state index contributed by atoms with van der Waals surface area (Å²) in [6.07, 6.45) is 4.99. The van der Waals surface area contributed by atoms with Crippen LogP contribution in [-0.2, 0) is 13.6 Å². The average molecular weight is 304 g/mol. The van der Waals surface area contributed by atoms with Gasteiger partial charge >= 0.3 is 0 Å². The molecule has 5 nitrogen and oxygen atoms in total. The van der Waals surface area contributed by atoms with Crippen LogP contribution in [0, 0.1) is 0 Å². The predicted molar refractivity (Wildman–Crippen MR) is 83.3 cm³/mol. The van der Waals surface area contributed by atoms with E-state index < -0.39 is 0 Å². The normalized spacial score (nSPS) is 16.9. The number of nitrogens with zero attached hydrogens (tertiary/aromatic N) is 4. The minimum Gasteiger partial charge on any atom is -0.337 e. The Labute approximate surface area is 128 Å². The fraction of sp³-hybridized carbons (Fsp3) is 0.467. The minimum absolute atomic E-state index is 0.166. The maximum atomic E-state index is 12.4. The molecule has 1 amide bonds. The predicted octanol–water partition coefficient (Wildman–Crippen LogP) is 1.83. The molecule has 6 heteroatoms. The Kier molecular flexibility index (Phi) is 4.36. The molecule has 1 aliphatic rings. The molecule has 1 fully saturated rings. The van der Waals surface area contributed by atoms with Crippen LogP contribution in [0.1, 0.15) is 22.3 Å². The van der Waals surface area contributed by atoms with Crippen molar-refractivity contribution in [1.29, 1.82) is 0 Å². The highest BCUT2D eigenvalue weighted by molar-refractivity contribution is 7.08. The van der Waals surface area contributed by atoms with Crippen molar-refractivity contribution >= 4 is 17.2 Å². The van der Waals surface area contributed by atoms with Crippen LogP contribution in [0.3, 0.4) is 0 Å². The summed E-state index contributed by atoms with van der Waals surface area (Å²) in [6.45, 7) is 4.51. The zero-order valence-electron chi connectivity index (χ0n) is 12.2. The van der Waals surface area contributed by atoms with Crippen LogP contribution in [0.5, 0.6) is 0 Å². The molecule has 112 valence electrons. The van der Waals surface area contributed by atoms with Crippen molar-refractivity contribution in [2.45, 2.75) is 13.0 Å². The first-order valence-corrected chi connectivity index (χ1v) is 8.18. The molecule has 1 aliphatic heterocycles. The third kappa shape index (κ3) is 3.51. The highest BCUT2D eigenvalue weighted by atomic mass is 32.1. The summed E-state index contributed by atoms with van der Waals surface area (Å²) < 4.78 is 1.83. The minimum atomic E-state index is 0.166. The van der Waals surface area contributed by atoms with Crippen LogP contribution in [0.2, 0.25) is 0 Å². The molecule has 0 atom stereocenters. The maximum absolute atomic E-state index is 12.4. The second-order valence-corrected chi connectivity index (χ2v) is 6.24. The van der Waals surface area contributed by atoms with Gasteiger partial charge in [-0.15, -0.1) is 0 Å². The molecule has 1 saturated heterocycles. The SMILES string of the molecule is Cn1cc(CN2CCCN(C(=O)c3ccsc3)CC2)cn1. The number of carbonyl (C=O) groups excluding carboxylic acids is 1. The number of hydrogen-bond donors (Lipinski definition) is 0. The quantitative estimate of drug-likeness (QED) is 0.869. The second-order valence-electron chi connectivity index (χ2n) is 5.46. The lowest BCUT2D eigenvalue weighted by molar-refractivity contribution is 0.0761. The van der Waals surface area contributed by atoms with Crippen molar-refractivity contribution < 1.29 is 4.79 Å². The summed E-state index contributed by atoms with van der Waals surface area (Å²) in [5, 5.41) is 8.10. The molecule has 2 aromatic heterocycles. The van der Waals surface area contributed by atoms with Crippen LogP contribution in [0.15, 0.2) is 29.2 Å². The third-order valence-corrected chi connectivity index (χ3v) is 4.49. The van der Waals surface area contributed by atoms with E-state index in [1.165, 1.54) is 5.56 Å². The van der Waals surface area contributed by atoms with Gasteiger partial charge in [-0.05, 0) is 17.9 Å². The summed E-state index contributed by atoms with van der Waals surface area (Å²) in [5.41, 5.74) is 2.05. The van der Waals surface area contributed by atoms with E-state index in [4.69, 9.17) is 0 Å². The van der Waals surface area contributed by atoms with E-state index in [1.807, 2.05) is 39.7 Å². The maximum Gasteiger partial charge on any atom is 0.254 e. The summed E-state index contributed by atoms with van der Waals surface area (Å²) in [6, 6.07) is 1.91. The van der Waals surface area contributed by atoms with Gasteiger partial charge in [0.25, 0.3) is 5.91 Å². The molecular formula is C15H20N4OS. The molecule has 0 unspecified atom stereocenters. The van der Waals surface area contributed by atoms with Gasteiger partial charge in [0.05, 0.1) is 11.8 Å². The second kappa shape index (κ2) is 6.41. The van der Waals surface area contributed by atoms with Crippen LogP contribution in [-0.4, -0.2) is 51.7 Å². The Morgan fingerprint density at radius 2 is 2.24 bits per heavy atom. The van der Waals surface area contributed by atoms with Crippen LogP contribution < -0.4 is 0 Å². The van der Waals surface area contributed by atoms with Crippen LogP contribution in [0.4, 0.5) is 0 Å². The first-order valence-electron chi connectivity index (χ1n) is 7.24. The van der Waals surface area contributed by atoms with Crippen molar-refractivity contribution in [3.05, 3.63) is 40.3 Å². The first kappa shape index (κ1) is 14.3. The molecule has 3 heterocycles. The Hall–Kier alpha value is -1.66. The lowest BCUT2D eigenvalue weighted by Crippen LogP contribution is -2.34. The number of rotatable bonds is 3. The molecule has 0 aromatic carbocycles. The van der Waals surface area contributed by atoms with Crippen molar-refractivity contribution in [3.8, 4) is 0 Å². The Morgan fingerprint density at radius 1 is 1.33 bits per heavy atom. The first-order chi connectivity index (χ1) is 10.2. The van der Waals surface area contributed by atoms with Crippen molar-refractivity contribution in [3.63, 3.8) is 0 Å². The van der Waals surface area contributed by atoms with Gasteiger partial charge < -0.3 is 4.90 Å². The van der Waals surface area contributed by atoms with Gasteiger partial charge in [0.2, 0.25) is 0 Å². The molecule has 2 aromatic rings. The van der Waals surface area contributed by atoms with E-state index in [0.717, 1.165) is 44.7 Å². The molecule has 21 heavy (non-hydrogen) atoms. The van der Waals surface area contributed by atoms with E-state index in [2.05, 4.69) is 16.2 Å². The van der Waals surface area contributed by atoms with Gasteiger partial charge in [0, 0.05) is 56.9 Å². The molecular weight excluding hydrogens is 284 g/mol. The van der Waals surface area contributed by atoms with Crippen LogP contribution >= 0.6 is 11.3 Å². The monoisotopic (exact) mass is 304 g/mol. The van der Waals surface area contributed by atoms with Gasteiger partial charge in [0.15, 0.2) is 0 Å². The number of thiophene rings is 1. The Bertz CT molecular complexity index is 593. The smallest absolute Gasteiger partial charge is 0.254 e. The highest BCUT2D eigenvalue weighted by Crippen LogP contribution is 2.13. The van der Waals surface area contributed by atoms with Gasteiger partial charge in [-0.2, -0.15) is 16.4 Å². The van der Waals surface area contributed by atoms with Crippen molar-refractivity contribution in [1.82, 2.24) is 19.6 Å². The standard InChI is InChI=1S/C15H20N4OS/c1-17-10-13(9-16-17)11-18-4-2-5-19(7-6-18)15(20)14-3-8-21-12-14/h3,8-10,12H,2,4-7,11H2,1H3. The lowest BCUT2D eigenvalue weighted by Gasteiger charge is -2.21. The highest BCUT2D eigenvalue weighted by Gasteiger charge is 2.20. The summed E-state index contributed by atoms with van der Waals surface area (Å²) in [4.78, 5) is 16.8. The number of carbonyl (C=O) groups is 1. The number of aryl methyl sites for hydroxylation is 1. The molecule has 0 saturated carbocycles. The molecule has 0 N–H and O–H groups in total. The van der Waals surface area contributed by atoms with Gasteiger partial charge in [0.1, 0.15) is 0 Å². The van der Waals surface area contributed by atoms with E-state index in [9.17, 15) is 4.79 Å². The Morgan fingerprint density at radius 3 is 2.95 bits per heavy atom. The van der Waals surface area contributed by atoms with Gasteiger partial charge in [-0.1, -0.05) is 0 Å². The molecule has 3 rings (SSSR count). The number of hydrogen-bond acceptors (Lipinski definition) is 4. The van der Waals surface area contributed by atoms with Gasteiger partial charge in [-0.3, -0.25) is 14.4 Å². The summed E-state index contributed by atoms with van der Waals surface area (Å²) >= 11 is 1.57. The number of aromatic nitrogens is 2. The van der Waals surface area contributed by atoms with E-state index in [1.54, 1.807) is 11.3 Å². The van der Waals surface area contributed by atoms with Crippen molar-refractivity contribution in [2.24, 2.45) is 7.05 Å². The average Bonchev–Trinajstić information content (AvgIpc) is 3.08. The lowest BCUT2D eigenvalue weighted by atomic mass is 10.3. The van der Waals surface area contributed by atoms with Gasteiger partial charge in [-0.25, -0.2) is 0 Å². The molecule has 0 aliphatic carbocycles. The molecule has 0 spiro atoms. The summed E-state index contributed by atoms with van der Waals surface area (Å²) in [5.74, 6) is 0.166. The van der Waals surface area contributed by atoms with Crippen LogP contribution in [0.25, 0.3) is 0 Å². The Balaban J connectivity index is 1.58. The number of amides is 1. The molecule has 0 bridgehead atoms. The topological polar surface area (TPSA) is 41.4 Å². The van der Waals surface area contributed by atoms with E-state index in [0.29, 0.717) is 0 Å². The zero-order chi connectivity index (χ0) is 14.7. The fourth-order valence-corrected chi connectivity index (χ4v) is 3.34. The summed E-state index contributed by atoms with van der Waals surface area (Å²) in [7, 11) is 1.94. The largest absolute Gasteiger partial charge is 0.337 e.